The zero-order chi connectivity index (χ0) is 21.8. The van der Waals surface area contributed by atoms with Crippen LogP contribution in [0, 0.1) is 5.82 Å². The first-order valence-corrected chi connectivity index (χ1v) is 10.6. The number of halogens is 1. The van der Waals surface area contributed by atoms with Crippen LogP contribution in [0.3, 0.4) is 0 Å². The van der Waals surface area contributed by atoms with Gasteiger partial charge in [0.25, 0.3) is 0 Å². The molecule has 4 heterocycles. The second-order valence-corrected chi connectivity index (χ2v) is 8.28. The molecule has 8 heteroatoms. The minimum atomic E-state index is -0.531. The summed E-state index contributed by atoms with van der Waals surface area (Å²) < 4.78 is 19.9. The highest BCUT2D eigenvalue weighted by Crippen LogP contribution is 2.43. The Morgan fingerprint density at radius 2 is 1.94 bits per heavy atom. The van der Waals surface area contributed by atoms with E-state index in [1.807, 2.05) is 11.0 Å². The molecule has 1 fully saturated rings. The fourth-order valence-corrected chi connectivity index (χ4v) is 4.98. The van der Waals surface area contributed by atoms with Crippen molar-refractivity contribution in [2.24, 2.45) is 0 Å². The molecule has 0 spiro atoms. The largest absolute Gasteiger partial charge is 0.420 e. The molecule has 0 radical (unpaired) electrons. The maximum Gasteiger partial charge on any atom is 0.420 e. The van der Waals surface area contributed by atoms with E-state index in [0.717, 1.165) is 29.7 Å². The van der Waals surface area contributed by atoms with E-state index < -0.39 is 5.76 Å². The summed E-state index contributed by atoms with van der Waals surface area (Å²) in [6, 6.07) is 13.1. The maximum atomic E-state index is 13.3. The summed E-state index contributed by atoms with van der Waals surface area (Å²) >= 11 is 0. The number of fused-ring (bicyclic) bond motifs is 5. The second-order valence-electron chi connectivity index (χ2n) is 8.28. The van der Waals surface area contributed by atoms with E-state index in [9.17, 15) is 14.0 Å². The minimum absolute atomic E-state index is 0.0323. The van der Waals surface area contributed by atoms with E-state index in [-0.39, 0.29) is 30.4 Å². The molecule has 0 aliphatic carbocycles. The molecule has 2 atom stereocenters. The van der Waals surface area contributed by atoms with Crippen molar-refractivity contribution in [3.05, 3.63) is 82.4 Å². The van der Waals surface area contributed by atoms with Crippen LogP contribution in [0.4, 0.5) is 4.39 Å². The standard InChI is InChI=1S/C24H19FN4O3/c25-15-7-5-14(6-8-15)23-26-12-17-18(27-23)11-16-9-10-19(17)29(16)22(30)13-28-20-3-1-2-4-21(20)32-24(28)31/h1-8,12,16,19H,9-11,13H2. The Labute approximate surface area is 182 Å². The monoisotopic (exact) mass is 430 g/mol. The lowest BCUT2D eigenvalue weighted by atomic mass is 9.98. The van der Waals surface area contributed by atoms with Gasteiger partial charge in [-0.2, -0.15) is 0 Å². The van der Waals surface area contributed by atoms with Crippen LogP contribution in [-0.2, 0) is 17.8 Å². The van der Waals surface area contributed by atoms with E-state index in [4.69, 9.17) is 9.40 Å². The number of hydrogen-bond acceptors (Lipinski definition) is 5. The summed E-state index contributed by atoms with van der Waals surface area (Å²) in [5.41, 5.74) is 3.72. The fraction of sp³-hybridized carbons (Fsp3) is 0.250. The number of para-hydroxylation sites is 2. The molecule has 2 bridgehead atoms. The molecule has 160 valence electrons. The average Bonchev–Trinajstić information content (AvgIpc) is 3.29. The SMILES string of the molecule is O=C(Cn1c(=O)oc2ccccc21)N1C2CCC1c1cnc(-c3ccc(F)cc3)nc1C2. The summed E-state index contributed by atoms with van der Waals surface area (Å²) in [6.07, 6.45) is 4.13. The van der Waals surface area contributed by atoms with Gasteiger partial charge in [-0.05, 0) is 49.2 Å². The Kier molecular flexibility index (Phi) is 4.21. The molecule has 2 aliphatic rings. The molecule has 1 saturated heterocycles. The first-order chi connectivity index (χ1) is 15.6. The van der Waals surface area contributed by atoms with E-state index in [1.165, 1.54) is 16.7 Å². The highest BCUT2D eigenvalue weighted by molar-refractivity contribution is 5.81. The lowest BCUT2D eigenvalue weighted by Gasteiger charge is -2.35. The molecular formula is C24H19FN4O3. The molecule has 32 heavy (non-hydrogen) atoms. The smallest absolute Gasteiger partial charge is 0.408 e. The highest BCUT2D eigenvalue weighted by Gasteiger charge is 2.43. The second kappa shape index (κ2) is 7.12. The predicted octanol–water partition coefficient (Wildman–Crippen LogP) is 3.48. The van der Waals surface area contributed by atoms with Gasteiger partial charge in [-0.15, -0.1) is 0 Å². The third kappa shape index (κ3) is 2.94. The molecule has 0 N–H and O–H groups in total. The molecule has 6 rings (SSSR count). The van der Waals surface area contributed by atoms with Gasteiger partial charge in [-0.25, -0.2) is 19.2 Å². The summed E-state index contributed by atoms with van der Waals surface area (Å²) in [5.74, 6) is -0.390. The van der Waals surface area contributed by atoms with Crippen molar-refractivity contribution in [1.29, 1.82) is 0 Å². The van der Waals surface area contributed by atoms with Crippen molar-refractivity contribution in [3.63, 3.8) is 0 Å². The molecule has 7 nitrogen and oxygen atoms in total. The Bertz CT molecular complexity index is 1410. The van der Waals surface area contributed by atoms with Gasteiger partial charge >= 0.3 is 5.76 Å². The Hall–Kier alpha value is -3.81. The van der Waals surface area contributed by atoms with Gasteiger partial charge in [-0.3, -0.25) is 9.36 Å². The Balaban J connectivity index is 1.30. The third-order valence-electron chi connectivity index (χ3n) is 6.45. The number of rotatable bonds is 3. The van der Waals surface area contributed by atoms with Gasteiger partial charge in [0.05, 0.1) is 17.3 Å². The normalized spacial score (nSPS) is 19.3. The summed E-state index contributed by atoms with van der Waals surface area (Å²) in [7, 11) is 0. The Morgan fingerprint density at radius 3 is 2.78 bits per heavy atom. The van der Waals surface area contributed by atoms with Crippen molar-refractivity contribution in [2.45, 2.75) is 37.9 Å². The van der Waals surface area contributed by atoms with Crippen molar-refractivity contribution >= 4 is 17.0 Å². The summed E-state index contributed by atoms with van der Waals surface area (Å²) in [4.78, 5) is 36.7. The molecule has 2 aromatic carbocycles. The van der Waals surface area contributed by atoms with Crippen LogP contribution in [0.2, 0.25) is 0 Å². The van der Waals surface area contributed by atoms with E-state index in [2.05, 4.69) is 4.98 Å². The lowest BCUT2D eigenvalue weighted by Crippen LogP contribution is -2.44. The van der Waals surface area contributed by atoms with E-state index >= 15 is 0 Å². The number of amides is 1. The number of benzene rings is 2. The Morgan fingerprint density at radius 1 is 1.12 bits per heavy atom. The van der Waals surface area contributed by atoms with Gasteiger partial charge in [0.2, 0.25) is 5.91 Å². The molecule has 0 saturated carbocycles. The molecule has 2 aliphatic heterocycles. The number of carbonyl (C=O) groups is 1. The van der Waals surface area contributed by atoms with Crippen LogP contribution in [-0.4, -0.2) is 31.4 Å². The van der Waals surface area contributed by atoms with Crippen LogP contribution >= 0.6 is 0 Å². The topological polar surface area (TPSA) is 81.2 Å². The van der Waals surface area contributed by atoms with Gasteiger partial charge in [0.1, 0.15) is 12.4 Å². The molecule has 1 amide bonds. The van der Waals surface area contributed by atoms with E-state index in [1.54, 1.807) is 36.5 Å². The summed E-state index contributed by atoms with van der Waals surface area (Å²) in [5, 5.41) is 0. The van der Waals surface area contributed by atoms with Gasteiger partial charge in [0.15, 0.2) is 11.4 Å². The number of nitrogens with zero attached hydrogens (tertiary/aromatic N) is 4. The van der Waals surface area contributed by atoms with Crippen molar-refractivity contribution in [2.75, 3.05) is 0 Å². The van der Waals surface area contributed by atoms with Gasteiger partial charge in [-0.1, -0.05) is 12.1 Å². The lowest BCUT2D eigenvalue weighted by molar-refractivity contribution is -0.135. The molecule has 2 aromatic heterocycles. The van der Waals surface area contributed by atoms with Crippen LogP contribution < -0.4 is 5.76 Å². The van der Waals surface area contributed by atoms with Gasteiger partial charge < -0.3 is 9.32 Å². The number of aromatic nitrogens is 3. The number of hydrogen-bond donors (Lipinski definition) is 0. The first kappa shape index (κ1) is 18.9. The zero-order valence-electron chi connectivity index (χ0n) is 17.1. The maximum absolute atomic E-state index is 13.3. The van der Waals surface area contributed by atoms with Crippen LogP contribution in [0.15, 0.2) is 63.9 Å². The molecular weight excluding hydrogens is 411 g/mol. The first-order valence-electron chi connectivity index (χ1n) is 10.6. The van der Waals surface area contributed by atoms with Crippen molar-refractivity contribution < 1.29 is 13.6 Å². The molecule has 2 unspecified atom stereocenters. The highest BCUT2D eigenvalue weighted by atomic mass is 19.1. The van der Waals surface area contributed by atoms with Gasteiger partial charge in [0, 0.05) is 29.8 Å². The fourth-order valence-electron chi connectivity index (χ4n) is 4.98. The van der Waals surface area contributed by atoms with Crippen LogP contribution in [0.25, 0.3) is 22.5 Å². The van der Waals surface area contributed by atoms with E-state index in [0.29, 0.717) is 23.3 Å². The average molecular weight is 430 g/mol. The predicted molar refractivity (Wildman–Crippen MR) is 114 cm³/mol. The summed E-state index contributed by atoms with van der Waals surface area (Å²) in [6.45, 7) is -0.0628. The zero-order valence-corrected chi connectivity index (χ0v) is 17.1. The quantitative estimate of drug-likeness (QED) is 0.497. The molecule has 4 aromatic rings. The number of carbonyl (C=O) groups excluding carboxylic acids is 1. The van der Waals surface area contributed by atoms with Crippen LogP contribution in [0.1, 0.15) is 30.1 Å². The number of oxazole rings is 1. The third-order valence-corrected chi connectivity index (χ3v) is 6.45. The van der Waals surface area contributed by atoms with Crippen LogP contribution in [0.5, 0.6) is 0 Å². The van der Waals surface area contributed by atoms with Crippen molar-refractivity contribution in [1.82, 2.24) is 19.4 Å². The minimum Gasteiger partial charge on any atom is -0.408 e. The van der Waals surface area contributed by atoms with Crippen molar-refractivity contribution in [3.8, 4) is 11.4 Å².